The molecule has 2 rings (SSSR count). The van der Waals surface area contributed by atoms with Crippen molar-refractivity contribution < 1.29 is 24.2 Å². The number of aliphatic carboxylic acids is 1. The molecule has 0 atom stereocenters. The number of methoxy groups -OCH3 is 1. The van der Waals surface area contributed by atoms with Gasteiger partial charge in [0.25, 0.3) is 5.91 Å². The number of halogens is 2. The van der Waals surface area contributed by atoms with E-state index in [-0.39, 0.29) is 17.1 Å². The Hall–Kier alpha value is -3.02. The molecule has 2 aromatic rings. The fourth-order valence-electron chi connectivity index (χ4n) is 2.11. The smallest absolute Gasteiger partial charge is 0.266 e. The normalized spacial score (nSPS) is 10.7. The predicted molar refractivity (Wildman–Crippen MR) is 105 cm³/mol. The minimum Gasteiger partial charge on any atom is -0.546 e. The van der Waals surface area contributed by atoms with E-state index in [2.05, 4.69) is 21.2 Å². The van der Waals surface area contributed by atoms with Gasteiger partial charge in [0.1, 0.15) is 18.2 Å². The molecule has 0 radical (unpaired) electrons. The molecule has 0 unspecified atom stereocenters. The first-order valence-corrected chi connectivity index (χ1v) is 8.90. The van der Waals surface area contributed by atoms with Crippen LogP contribution in [0.1, 0.15) is 5.56 Å². The van der Waals surface area contributed by atoms with Crippen LogP contribution in [0.2, 0.25) is 5.02 Å². The number of carbonyl (C=O) groups is 2. The largest absolute Gasteiger partial charge is 0.546 e. The fraction of sp³-hybridized carbons (Fsp3) is 0.105. The summed E-state index contributed by atoms with van der Waals surface area (Å²) < 4.78 is 10.7. The van der Waals surface area contributed by atoms with Crippen LogP contribution >= 0.6 is 27.5 Å². The van der Waals surface area contributed by atoms with Crippen molar-refractivity contribution in [2.24, 2.45) is 0 Å². The number of anilines is 1. The van der Waals surface area contributed by atoms with Gasteiger partial charge in [0.05, 0.1) is 13.1 Å². The van der Waals surface area contributed by atoms with Gasteiger partial charge in [-0.15, -0.1) is 0 Å². The van der Waals surface area contributed by atoms with E-state index in [9.17, 15) is 20.0 Å². The Morgan fingerprint density at radius 2 is 1.96 bits per heavy atom. The molecule has 1 N–H and O–H groups in total. The lowest BCUT2D eigenvalue weighted by atomic mass is 10.1. The van der Waals surface area contributed by atoms with Crippen molar-refractivity contribution in [3.8, 4) is 17.6 Å². The van der Waals surface area contributed by atoms with Gasteiger partial charge in [0, 0.05) is 15.2 Å². The molecule has 0 aliphatic rings. The lowest BCUT2D eigenvalue weighted by molar-refractivity contribution is -0.307. The maximum atomic E-state index is 12.4. The molecular weight excluding hydrogens is 452 g/mol. The van der Waals surface area contributed by atoms with E-state index in [4.69, 9.17) is 21.1 Å². The number of hydrogen-bond donors (Lipinski definition) is 1. The van der Waals surface area contributed by atoms with Crippen LogP contribution in [0, 0.1) is 11.3 Å². The highest BCUT2D eigenvalue weighted by atomic mass is 79.9. The summed E-state index contributed by atoms with van der Waals surface area (Å²) in [6.45, 7) is -0.648. The number of carbonyl (C=O) groups excluding carboxylic acids is 2. The van der Waals surface area contributed by atoms with Crippen molar-refractivity contribution in [3.05, 3.63) is 57.0 Å². The average molecular weight is 465 g/mol. The molecule has 0 saturated heterocycles. The van der Waals surface area contributed by atoms with Gasteiger partial charge in [-0.3, -0.25) is 4.79 Å². The van der Waals surface area contributed by atoms with Crippen LogP contribution in [0.15, 0.2) is 46.4 Å². The van der Waals surface area contributed by atoms with E-state index in [0.29, 0.717) is 20.7 Å². The minimum atomic E-state index is -1.38. The zero-order chi connectivity index (χ0) is 20.7. The SMILES string of the molecule is COc1cc(/C=C(/C#N)C(=O)Nc2ccc(Cl)cc2)c(Br)cc1OCC(=O)[O-]. The third kappa shape index (κ3) is 5.74. The summed E-state index contributed by atoms with van der Waals surface area (Å²) in [6, 6.07) is 11.3. The van der Waals surface area contributed by atoms with Gasteiger partial charge in [0.2, 0.25) is 0 Å². The number of ether oxygens (including phenoxy) is 2. The zero-order valence-electron chi connectivity index (χ0n) is 14.5. The van der Waals surface area contributed by atoms with Crippen LogP contribution in [0.5, 0.6) is 11.5 Å². The molecule has 9 heteroatoms. The Balaban J connectivity index is 2.29. The summed E-state index contributed by atoms with van der Waals surface area (Å²) in [7, 11) is 1.38. The molecule has 2 aromatic carbocycles. The molecule has 0 heterocycles. The van der Waals surface area contributed by atoms with Crippen molar-refractivity contribution in [2.45, 2.75) is 0 Å². The number of nitrogens with one attached hydrogen (secondary N) is 1. The predicted octanol–water partition coefficient (Wildman–Crippen LogP) is 2.79. The molecule has 0 saturated carbocycles. The topological polar surface area (TPSA) is 111 Å². The standard InChI is InChI=1S/C19H14BrClN2O5/c1-27-16-7-11(15(20)8-17(16)28-10-18(24)25)6-12(9-22)19(26)23-14-4-2-13(21)3-5-14/h2-8H,10H2,1H3,(H,23,26)(H,24,25)/p-1/b12-6-. The van der Waals surface area contributed by atoms with Gasteiger partial charge in [-0.05, 0) is 48.0 Å². The summed E-state index contributed by atoms with van der Waals surface area (Å²) in [5.74, 6) is -1.59. The van der Waals surface area contributed by atoms with Crippen LogP contribution in [0.3, 0.4) is 0 Å². The molecule has 144 valence electrons. The van der Waals surface area contributed by atoms with Crippen LogP contribution in [-0.4, -0.2) is 25.6 Å². The number of nitriles is 1. The Labute approximate surface area is 174 Å². The number of nitrogens with zero attached hydrogens (tertiary/aromatic N) is 1. The summed E-state index contributed by atoms with van der Waals surface area (Å²) in [5, 5.41) is 23.0. The van der Waals surface area contributed by atoms with Gasteiger partial charge in [-0.2, -0.15) is 5.26 Å². The minimum absolute atomic E-state index is 0.152. The van der Waals surface area contributed by atoms with Crippen LogP contribution in [0.25, 0.3) is 6.08 Å². The van der Waals surface area contributed by atoms with E-state index >= 15 is 0 Å². The summed E-state index contributed by atoms with van der Waals surface area (Å²) in [5.41, 5.74) is 0.791. The number of benzene rings is 2. The monoisotopic (exact) mass is 463 g/mol. The van der Waals surface area contributed by atoms with Gasteiger partial charge in [-0.25, -0.2) is 0 Å². The average Bonchev–Trinajstić information content (AvgIpc) is 2.67. The van der Waals surface area contributed by atoms with E-state index in [1.807, 2.05) is 6.07 Å². The molecule has 28 heavy (non-hydrogen) atoms. The maximum absolute atomic E-state index is 12.4. The maximum Gasteiger partial charge on any atom is 0.266 e. The summed E-state index contributed by atoms with van der Waals surface area (Å²) in [4.78, 5) is 22.9. The molecule has 0 fully saturated rings. The highest BCUT2D eigenvalue weighted by molar-refractivity contribution is 9.10. The first-order valence-electron chi connectivity index (χ1n) is 7.73. The molecule has 0 aliphatic carbocycles. The number of rotatable bonds is 7. The van der Waals surface area contributed by atoms with Crippen molar-refractivity contribution in [2.75, 3.05) is 19.0 Å². The van der Waals surface area contributed by atoms with Crippen molar-refractivity contribution in [3.63, 3.8) is 0 Å². The number of carboxylic acid groups (broad SMARTS) is 1. The van der Waals surface area contributed by atoms with E-state index in [1.165, 1.54) is 25.3 Å². The molecule has 0 aliphatic heterocycles. The number of carboxylic acids is 1. The van der Waals surface area contributed by atoms with Gasteiger partial charge in [0.15, 0.2) is 11.5 Å². The van der Waals surface area contributed by atoms with Crippen LogP contribution in [-0.2, 0) is 9.59 Å². The number of hydrogen-bond acceptors (Lipinski definition) is 6. The van der Waals surface area contributed by atoms with Crippen molar-refractivity contribution >= 4 is 51.2 Å². The molecule has 0 spiro atoms. The second kappa shape index (κ2) is 9.78. The molecule has 0 bridgehead atoms. The third-order valence-electron chi connectivity index (χ3n) is 3.40. The van der Waals surface area contributed by atoms with Gasteiger partial charge >= 0.3 is 0 Å². The van der Waals surface area contributed by atoms with Crippen molar-refractivity contribution in [1.82, 2.24) is 0 Å². The fourth-order valence-corrected chi connectivity index (χ4v) is 2.67. The van der Waals surface area contributed by atoms with Crippen LogP contribution < -0.4 is 19.9 Å². The quantitative estimate of drug-likeness (QED) is 0.498. The Morgan fingerprint density at radius 1 is 1.29 bits per heavy atom. The molecule has 7 nitrogen and oxygen atoms in total. The summed E-state index contributed by atoms with van der Waals surface area (Å²) >= 11 is 9.10. The lowest BCUT2D eigenvalue weighted by Gasteiger charge is -2.13. The third-order valence-corrected chi connectivity index (χ3v) is 4.33. The Morgan fingerprint density at radius 3 is 2.54 bits per heavy atom. The first-order chi connectivity index (χ1) is 13.3. The second-order valence-corrected chi connectivity index (χ2v) is 6.61. The molecule has 1 amide bonds. The van der Waals surface area contributed by atoms with Gasteiger partial charge in [-0.1, -0.05) is 27.5 Å². The van der Waals surface area contributed by atoms with E-state index in [1.54, 1.807) is 24.3 Å². The van der Waals surface area contributed by atoms with Crippen molar-refractivity contribution in [1.29, 1.82) is 5.26 Å². The highest BCUT2D eigenvalue weighted by Gasteiger charge is 2.14. The molecular formula is C19H13BrClN2O5-. The van der Waals surface area contributed by atoms with E-state index in [0.717, 1.165) is 0 Å². The van der Waals surface area contributed by atoms with E-state index < -0.39 is 18.5 Å². The highest BCUT2D eigenvalue weighted by Crippen LogP contribution is 2.34. The summed E-state index contributed by atoms with van der Waals surface area (Å²) in [6.07, 6.45) is 1.36. The lowest BCUT2D eigenvalue weighted by Crippen LogP contribution is -2.29. The Kier molecular flexibility index (Phi) is 7.44. The molecule has 0 aromatic heterocycles. The van der Waals surface area contributed by atoms with Gasteiger partial charge < -0.3 is 24.7 Å². The zero-order valence-corrected chi connectivity index (χ0v) is 16.8. The Bertz CT molecular complexity index is 968. The van der Waals surface area contributed by atoms with Crippen LogP contribution in [0.4, 0.5) is 5.69 Å². The second-order valence-electron chi connectivity index (χ2n) is 5.32. The number of amides is 1. The first kappa shape index (κ1) is 21.3.